The van der Waals surface area contributed by atoms with Crippen molar-refractivity contribution >= 4 is 15.9 Å². The number of hydrogen-bond donors (Lipinski definition) is 1. The van der Waals surface area contributed by atoms with Crippen molar-refractivity contribution in [2.75, 3.05) is 0 Å². The van der Waals surface area contributed by atoms with Crippen LogP contribution in [0.25, 0.3) is 0 Å². The highest BCUT2D eigenvalue weighted by atomic mass is 79.9. The SMILES string of the molecule is NC1(CCc2cc(F)c(Br)c(F)c2)CC1. The number of nitrogens with two attached hydrogens (primary N) is 1. The summed E-state index contributed by atoms with van der Waals surface area (Å²) in [4.78, 5) is 0. The molecule has 0 radical (unpaired) electrons. The van der Waals surface area contributed by atoms with Crippen molar-refractivity contribution in [2.45, 2.75) is 31.2 Å². The number of benzene rings is 1. The Kier molecular flexibility index (Phi) is 2.81. The monoisotopic (exact) mass is 275 g/mol. The van der Waals surface area contributed by atoms with Crippen molar-refractivity contribution < 1.29 is 8.78 Å². The predicted molar refractivity (Wildman–Crippen MR) is 58.5 cm³/mol. The Morgan fingerprint density at radius 3 is 2.27 bits per heavy atom. The van der Waals surface area contributed by atoms with E-state index in [1.165, 1.54) is 12.1 Å². The maximum Gasteiger partial charge on any atom is 0.140 e. The molecule has 2 N–H and O–H groups in total. The normalized spacial score (nSPS) is 17.9. The molecule has 1 fully saturated rings. The molecule has 0 spiro atoms. The van der Waals surface area contributed by atoms with E-state index in [2.05, 4.69) is 15.9 Å². The smallest absolute Gasteiger partial charge is 0.140 e. The molecule has 1 nitrogen and oxygen atoms in total. The number of halogens is 3. The summed E-state index contributed by atoms with van der Waals surface area (Å²) >= 11 is 2.84. The Hall–Kier alpha value is -0.480. The van der Waals surface area contributed by atoms with Gasteiger partial charge in [-0.05, 0) is 59.3 Å². The number of aryl methyl sites for hydroxylation is 1. The average Bonchev–Trinajstić information content (AvgIpc) is 2.90. The van der Waals surface area contributed by atoms with Gasteiger partial charge in [-0.2, -0.15) is 0 Å². The van der Waals surface area contributed by atoms with Crippen LogP contribution in [0.1, 0.15) is 24.8 Å². The lowest BCUT2D eigenvalue weighted by atomic mass is 10.0. The van der Waals surface area contributed by atoms with E-state index in [0.29, 0.717) is 12.0 Å². The molecule has 0 atom stereocenters. The van der Waals surface area contributed by atoms with E-state index in [0.717, 1.165) is 19.3 Å². The second kappa shape index (κ2) is 3.83. The third kappa shape index (κ3) is 2.55. The molecule has 2 rings (SSSR count). The van der Waals surface area contributed by atoms with Crippen molar-refractivity contribution in [1.29, 1.82) is 0 Å². The Morgan fingerprint density at radius 1 is 1.27 bits per heavy atom. The molecule has 1 aromatic carbocycles. The molecule has 0 aliphatic heterocycles. The van der Waals surface area contributed by atoms with Gasteiger partial charge in [-0.15, -0.1) is 0 Å². The zero-order valence-corrected chi connectivity index (χ0v) is 9.78. The molecular formula is C11H12BrF2N. The first kappa shape index (κ1) is 11.0. The maximum atomic E-state index is 13.2. The molecule has 1 aromatic rings. The molecule has 1 aliphatic carbocycles. The van der Waals surface area contributed by atoms with Crippen LogP contribution in [0.2, 0.25) is 0 Å². The van der Waals surface area contributed by atoms with Crippen LogP contribution in [0.3, 0.4) is 0 Å². The maximum absolute atomic E-state index is 13.2. The Bertz CT molecular complexity index is 365. The fourth-order valence-corrected chi connectivity index (χ4v) is 1.79. The Morgan fingerprint density at radius 2 is 1.80 bits per heavy atom. The fourth-order valence-electron chi connectivity index (χ4n) is 1.56. The van der Waals surface area contributed by atoms with Gasteiger partial charge < -0.3 is 5.73 Å². The third-order valence-corrected chi connectivity index (χ3v) is 3.60. The van der Waals surface area contributed by atoms with Gasteiger partial charge in [0, 0.05) is 5.54 Å². The summed E-state index contributed by atoms with van der Waals surface area (Å²) in [5.74, 6) is -1.10. The molecule has 0 amide bonds. The van der Waals surface area contributed by atoms with Crippen molar-refractivity contribution in [3.05, 3.63) is 33.8 Å². The minimum atomic E-state index is -0.549. The van der Waals surface area contributed by atoms with E-state index in [1.54, 1.807) is 0 Å². The van der Waals surface area contributed by atoms with Gasteiger partial charge in [-0.1, -0.05) is 0 Å². The van der Waals surface area contributed by atoms with E-state index in [1.807, 2.05) is 0 Å². The van der Waals surface area contributed by atoms with Gasteiger partial charge >= 0.3 is 0 Å². The Balaban J connectivity index is 2.08. The van der Waals surface area contributed by atoms with Gasteiger partial charge in [0.2, 0.25) is 0 Å². The molecule has 1 aliphatic rings. The summed E-state index contributed by atoms with van der Waals surface area (Å²) in [7, 11) is 0. The van der Waals surface area contributed by atoms with Gasteiger partial charge in [-0.3, -0.25) is 0 Å². The highest BCUT2D eigenvalue weighted by Crippen LogP contribution is 2.36. The summed E-state index contributed by atoms with van der Waals surface area (Å²) in [6.45, 7) is 0. The number of hydrogen-bond acceptors (Lipinski definition) is 1. The van der Waals surface area contributed by atoms with Crippen molar-refractivity contribution in [2.24, 2.45) is 5.73 Å². The van der Waals surface area contributed by atoms with Gasteiger partial charge in [0.15, 0.2) is 0 Å². The summed E-state index contributed by atoms with van der Waals surface area (Å²) in [6, 6.07) is 2.72. The highest BCUT2D eigenvalue weighted by molar-refractivity contribution is 9.10. The minimum Gasteiger partial charge on any atom is -0.325 e. The Labute approximate surface area is 95.8 Å². The van der Waals surface area contributed by atoms with Crippen LogP contribution >= 0.6 is 15.9 Å². The molecule has 0 unspecified atom stereocenters. The lowest BCUT2D eigenvalue weighted by Crippen LogP contribution is -2.22. The molecule has 82 valence electrons. The van der Waals surface area contributed by atoms with Crippen LogP contribution in [0.4, 0.5) is 8.78 Å². The zero-order chi connectivity index (χ0) is 11.1. The first-order chi connectivity index (χ1) is 7.00. The highest BCUT2D eigenvalue weighted by Gasteiger charge is 2.37. The van der Waals surface area contributed by atoms with E-state index in [-0.39, 0.29) is 10.0 Å². The van der Waals surface area contributed by atoms with Crippen LogP contribution in [-0.4, -0.2) is 5.54 Å². The minimum absolute atomic E-state index is 0.0694. The lowest BCUT2D eigenvalue weighted by Gasteiger charge is -2.08. The molecule has 0 bridgehead atoms. The third-order valence-electron chi connectivity index (χ3n) is 2.85. The lowest BCUT2D eigenvalue weighted by molar-refractivity contribution is 0.560. The van der Waals surface area contributed by atoms with Crippen LogP contribution < -0.4 is 5.73 Å². The van der Waals surface area contributed by atoms with Crippen molar-refractivity contribution in [3.8, 4) is 0 Å². The fraction of sp³-hybridized carbons (Fsp3) is 0.455. The second-order valence-corrected chi connectivity index (χ2v) is 5.03. The second-order valence-electron chi connectivity index (χ2n) is 4.24. The van der Waals surface area contributed by atoms with Crippen molar-refractivity contribution in [3.63, 3.8) is 0 Å². The summed E-state index contributed by atoms with van der Waals surface area (Å²) in [5.41, 5.74) is 6.51. The number of rotatable bonds is 3. The average molecular weight is 276 g/mol. The van der Waals surface area contributed by atoms with E-state index < -0.39 is 11.6 Å². The first-order valence-electron chi connectivity index (χ1n) is 4.92. The molecule has 0 heterocycles. The molecule has 15 heavy (non-hydrogen) atoms. The van der Waals surface area contributed by atoms with E-state index >= 15 is 0 Å². The summed E-state index contributed by atoms with van der Waals surface area (Å²) in [6.07, 6.45) is 3.48. The molecule has 1 saturated carbocycles. The summed E-state index contributed by atoms with van der Waals surface area (Å²) in [5, 5.41) is 0. The van der Waals surface area contributed by atoms with Crippen LogP contribution in [0, 0.1) is 11.6 Å². The van der Waals surface area contributed by atoms with Gasteiger partial charge in [0.05, 0.1) is 4.47 Å². The topological polar surface area (TPSA) is 26.0 Å². The van der Waals surface area contributed by atoms with Gasteiger partial charge in [0.1, 0.15) is 11.6 Å². The largest absolute Gasteiger partial charge is 0.325 e. The standard InChI is InChI=1S/C11H12BrF2N/c12-10-8(13)5-7(6-9(10)14)1-2-11(15)3-4-11/h5-6H,1-4,15H2. The molecule has 4 heteroatoms. The quantitative estimate of drug-likeness (QED) is 0.843. The first-order valence-corrected chi connectivity index (χ1v) is 5.72. The van der Waals surface area contributed by atoms with E-state index in [4.69, 9.17) is 5.73 Å². The molecule has 0 saturated heterocycles. The predicted octanol–water partition coefficient (Wildman–Crippen LogP) is 3.15. The van der Waals surface area contributed by atoms with Crippen LogP contribution in [0.15, 0.2) is 16.6 Å². The summed E-state index contributed by atoms with van der Waals surface area (Å²) < 4.78 is 26.2. The van der Waals surface area contributed by atoms with Gasteiger partial charge in [0.25, 0.3) is 0 Å². The van der Waals surface area contributed by atoms with Gasteiger partial charge in [-0.25, -0.2) is 8.78 Å². The molecular weight excluding hydrogens is 264 g/mol. The van der Waals surface area contributed by atoms with Crippen LogP contribution in [0.5, 0.6) is 0 Å². The zero-order valence-electron chi connectivity index (χ0n) is 8.19. The molecule has 0 aromatic heterocycles. The van der Waals surface area contributed by atoms with Crippen molar-refractivity contribution in [1.82, 2.24) is 0 Å². The van der Waals surface area contributed by atoms with E-state index in [9.17, 15) is 8.78 Å². The van der Waals surface area contributed by atoms with Crippen LogP contribution in [-0.2, 0) is 6.42 Å².